The molecule has 71 heavy (non-hydrogen) atoms. The maximum Gasteiger partial charge on any atom is 0.252 e. The molecule has 0 saturated heterocycles. The van der Waals surface area contributed by atoms with E-state index in [2.05, 4.69) is 254 Å². The number of anilines is 6. The molecule has 0 spiro atoms. The first-order chi connectivity index (χ1) is 34.2. The summed E-state index contributed by atoms with van der Waals surface area (Å²) in [6, 6.07) is 70.3. The summed E-state index contributed by atoms with van der Waals surface area (Å²) in [5.74, 6) is 0. The van der Waals surface area contributed by atoms with Gasteiger partial charge in [-0.3, -0.25) is 0 Å². The average Bonchev–Trinajstić information content (AvgIpc) is 3.77. The van der Waals surface area contributed by atoms with Gasteiger partial charge in [-0.25, -0.2) is 0 Å². The van der Waals surface area contributed by atoms with Gasteiger partial charge >= 0.3 is 0 Å². The minimum Gasteiger partial charge on any atom is -0.311 e. The smallest absolute Gasteiger partial charge is 0.252 e. The van der Waals surface area contributed by atoms with Crippen LogP contribution in [-0.4, -0.2) is 6.71 Å². The Hall–Kier alpha value is -7.14. The minimum absolute atomic E-state index is 0.0457. The van der Waals surface area contributed by atoms with Crippen molar-refractivity contribution in [3.05, 3.63) is 232 Å². The molecule has 2 nitrogen and oxygen atoms in total. The molecule has 0 amide bonds. The topological polar surface area (TPSA) is 6.48 Å². The molecule has 0 radical (unpaired) electrons. The van der Waals surface area contributed by atoms with Crippen molar-refractivity contribution in [1.82, 2.24) is 0 Å². The van der Waals surface area contributed by atoms with E-state index in [-0.39, 0.29) is 28.4 Å². The van der Waals surface area contributed by atoms with Crippen LogP contribution < -0.4 is 26.2 Å². The van der Waals surface area contributed by atoms with E-state index in [1.54, 1.807) is 0 Å². The highest BCUT2D eigenvalue weighted by Gasteiger charge is 2.49. The summed E-state index contributed by atoms with van der Waals surface area (Å²) >= 11 is 1.91. The third-order valence-electron chi connectivity index (χ3n) is 17.7. The lowest BCUT2D eigenvalue weighted by Gasteiger charge is -2.49. The van der Waals surface area contributed by atoms with Crippen LogP contribution >= 0.6 is 11.3 Å². The van der Waals surface area contributed by atoms with Crippen molar-refractivity contribution in [2.24, 2.45) is 0 Å². The summed E-state index contributed by atoms with van der Waals surface area (Å²) in [5.41, 5.74) is 25.6. The number of rotatable bonds is 3. The molecule has 344 valence electrons. The fraction of sp³-hybridized carbons (Fsp3) is 0.194. The van der Waals surface area contributed by atoms with Gasteiger partial charge in [-0.2, -0.15) is 0 Å². The monoisotopic (exact) mass is 932 g/mol. The summed E-state index contributed by atoms with van der Waals surface area (Å²) in [6.45, 7) is 21.8. The Bertz CT molecular complexity index is 3930. The molecule has 14 rings (SSSR count). The van der Waals surface area contributed by atoms with E-state index in [0.29, 0.717) is 0 Å². The maximum atomic E-state index is 2.68. The van der Waals surface area contributed by atoms with Gasteiger partial charge in [0.15, 0.2) is 0 Å². The zero-order chi connectivity index (χ0) is 48.5. The summed E-state index contributed by atoms with van der Waals surface area (Å²) in [5, 5.41) is 2.65. The van der Waals surface area contributed by atoms with Gasteiger partial charge in [-0.15, -0.1) is 11.3 Å². The van der Waals surface area contributed by atoms with Gasteiger partial charge in [0, 0.05) is 70.3 Å². The van der Waals surface area contributed by atoms with Gasteiger partial charge in [-0.05, 0) is 133 Å². The molecule has 0 bridgehead atoms. The van der Waals surface area contributed by atoms with Crippen molar-refractivity contribution >= 4 is 88.7 Å². The Morgan fingerprint density at radius 2 is 0.915 bits per heavy atom. The molecule has 0 N–H and O–H groups in total. The second-order valence-corrected chi connectivity index (χ2v) is 24.0. The van der Waals surface area contributed by atoms with Crippen LogP contribution in [0.25, 0.3) is 31.3 Å². The van der Waals surface area contributed by atoms with Crippen LogP contribution in [0.4, 0.5) is 34.1 Å². The number of hydrogen-bond donors (Lipinski definition) is 0. The van der Waals surface area contributed by atoms with Crippen molar-refractivity contribution in [2.45, 2.75) is 84.0 Å². The first-order valence-electron chi connectivity index (χ1n) is 25.5. The number of benzene rings is 9. The number of aryl methyl sites for hydroxylation is 1. The van der Waals surface area contributed by atoms with Crippen LogP contribution in [0.15, 0.2) is 182 Å². The van der Waals surface area contributed by atoms with Gasteiger partial charge in [0.2, 0.25) is 0 Å². The molecule has 0 saturated carbocycles. The molecule has 2 aliphatic heterocycles. The van der Waals surface area contributed by atoms with E-state index in [1.165, 1.54) is 132 Å². The molecule has 9 aromatic carbocycles. The summed E-state index contributed by atoms with van der Waals surface area (Å²) < 4.78 is 2.63. The second-order valence-electron chi connectivity index (χ2n) is 22.9. The molecule has 4 heteroatoms. The highest BCUT2D eigenvalue weighted by molar-refractivity contribution is 7.26. The Morgan fingerprint density at radius 3 is 1.58 bits per heavy atom. The Balaban J connectivity index is 1.15. The van der Waals surface area contributed by atoms with Gasteiger partial charge in [0.05, 0.1) is 5.69 Å². The minimum atomic E-state index is -0.237. The molecular formula is C67H57BN2S. The zero-order valence-corrected chi connectivity index (χ0v) is 43.0. The third-order valence-corrected chi connectivity index (χ3v) is 18.8. The first kappa shape index (κ1) is 42.7. The zero-order valence-electron chi connectivity index (χ0n) is 42.2. The van der Waals surface area contributed by atoms with Crippen molar-refractivity contribution in [3.63, 3.8) is 0 Å². The third kappa shape index (κ3) is 5.66. The number of fused-ring (bicyclic) bond motifs is 12. The van der Waals surface area contributed by atoms with Crippen molar-refractivity contribution in [3.8, 4) is 11.1 Å². The highest BCUT2D eigenvalue weighted by Crippen LogP contribution is 2.56. The SMILES string of the molecule is Cc1ccccc1N1c2cc(-c3ccccc3)cc3c2B(c2cc4c(cc2N3c2ccc3c(c2)C(C)(C)c2ccccc2C3(C)C)C(C)(C)c2ccccc2C4(C)C)c2ccc3sc4ccccc4c3c21. The molecule has 0 atom stereocenters. The molecule has 0 unspecified atom stereocenters. The van der Waals surface area contributed by atoms with E-state index in [4.69, 9.17) is 0 Å². The standard InChI is InChI=1S/C67H57BN2S/c1-40-21-13-19-29-55(40)70-58-36-42(41-22-11-10-12-23-41)35-57-62(58)68(53-33-34-60-61(63(53)70)44-24-14-20-30-59(44)71-60)54-38-51-52(67(8,9)48-28-18-17-27-47(48)66(51,6)7)39-56(54)69(57)43-31-32-49-50(37-43)65(4,5)46-26-16-15-25-45(46)64(49,2)3/h10-39H,1-9H3. The van der Waals surface area contributed by atoms with Crippen LogP contribution in [-0.2, 0) is 21.7 Å². The van der Waals surface area contributed by atoms with Gasteiger partial charge in [0.1, 0.15) is 0 Å². The lowest BCUT2D eigenvalue weighted by atomic mass is 9.33. The van der Waals surface area contributed by atoms with Crippen molar-refractivity contribution < 1.29 is 0 Å². The Labute approximate surface area is 423 Å². The largest absolute Gasteiger partial charge is 0.311 e. The van der Waals surface area contributed by atoms with Crippen molar-refractivity contribution in [2.75, 3.05) is 9.80 Å². The number of thiophene rings is 1. The number of nitrogens with zero attached hydrogens (tertiary/aromatic N) is 2. The van der Waals surface area contributed by atoms with Crippen LogP contribution in [0.3, 0.4) is 0 Å². The lowest BCUT2D eigenvalue weighted by molar-refractivity contribution is 0.520. The van der Waals surface area contributed by atoms with E-state index < -0.39 is 0 Å². The lowest BCUT2D eigenvalue weighted by Crippen LogP contribution is -2.62. The number of hydrogen-bond acceptors (Lipinski definition) is 3. The van der Waals surface area contributed by atoms with Gasteiger partial charge < -0.3 is 9.80 Å². The molecule has 10 aromatic rings. The molecule has 3 heterocycles. The van der Waals surface area contributed by atoms with Gasteiger partial charge in [-0.1, -0.05) is 189 Å². The molecule has 4 aliphatic rings. The first-order valence-corrected chi connectivity index (χ1v) is 26.4. The quantitative estimate of drug-likeness (QED) is 0.163. The second kappa shape index (κ2) is 14.5. The molecule has 2 aliphatic carbocycles. The van der Waals surface area contributed by atoms with Crippen LogP contribution in [0.5, 0.6) is 0 Å². The van der Waals surface area contributed by atoms with Crippen LogP contribution in [0, 0.1) is 6.92 Å². The maximum absolute atomic E-state index is 2.68. The molecule has 1 aromatic heterocycles. The summed E-state index contributed by atoms with van der Waals surface area (Å²) in [6.07, 6.45) is 0. The summed E-state index contributed by atoms with van der Waals surface area (Å²) in [4.78, 5) is 5.35. The predicted molar refractivity (Wildman–Crippen MR) is 305 cm³/mol. The fourth-order valence-electron chi connectivity index (χ4n) is 14.0. The normalized spacial score (nSPS) is 16.9. The summed E-state index contributed by atoms with van der Waals surface area (Å²) in [7, 11) is 0. The predicted octanol–water partition coefficient (Wildman–Crippen LogP) is 16.0. The van der Waals surface area contributed by atoms with E-state index >= 15 is 0 Å². The van der Waals surface area contributed by atoms with Crippen molar-refractivity contribution in [1.29, 1.82) is 0 Å². The van der Waals surface area contributed by atoms with Crippen LogP contribution in [0.2, 0.25) is 0 Å². The Morgan fingerprint density at radius 1 is 0.380 bits per heavy atom. The van der Waals surface area contributed by atoms with E-state index in [9.17, 15) is 0 Å². The van der Waals surface area contributed by atoms with Gasteiger partial charge in [0.25, 0.3) is 6.71 Å². The van der Waals surface area contributed by atoms with E-state index in [0.717, 1.165) is 0 Å². The number of para-hydroxylation sites is 1. The average molecular weight is 933 g/mol. The Kier molecular flexibility index (Phi) is 8.72. The fourth-order valence-corrected chi connectivity index (χ4v) is 15.1. The molecule has 0 fully saturated rings. The van der Waals surface area contributed by atoms with E-state index in [1.807, 2.05) is 11.3 Å². The molecular weight excluding hydrogens is 876 g/mol. The van der Waals surface area contributed by atoms with Crippen LogP contribution in [0.1, 0.15) is 105 Å². The highest BCUT2D eigenvalue weighted by atomic mass is 32.1.